The summed E-state index contributed by atoms with van der Waals surface area (Å²) >= 11 is 0. The van der Waals surface area contributed by atoms with Crippen LogP contribution >= 0.6 is 0 Å². The number of hydrogen-bond acceptors (Lipinski definition) is 8. The average molecular weight is 507 g/mol. The molecule has 1 aromatic rings. The van der Waals surface area contributed by atoms with Crippen molar-refractivity contribution >= 4 is 23.9 Å². The number of carbonyl (C=O) groups excluding carboxylic acids is 4. The van der Waals surface area contributed by atoms with Gasteiger partial charge in [0, 0.05) is 20.3 Å². The molecule has 11 heteroatoms. The minimum atomic E-state index is -1.23. The maximum absolute atomic E-state index is 13.1. The molecule has 1 saturated heterocycles. The number of hydrazine groups is 1. The second kappa shape index (κ2) is 14.4. The number of benzene rings is 1. The summed E-state index contributed by atoms with van der Waals surface area (Å²) in [5, 5.41) is 6.54. The lowest BCUT2D eigenvalue weighted by molar-refractivity contribution is -0.134. The molecule has 11 nitrogen and oxygen atoms in total. The van der Waals surface area contributed by atoms with E-state index in [1.165, 1.54) is 12.1 Å². The fourth-order valence-corrected chi connectivity index (χ4v) is 3.59. The number of nitrogens with one attached hydrogen (secondary N) is 3. The van der Waals surface area contributed by atoms with E-state index in [0.29, 0.717) is 13.0 Å². The molecule has 1 heterocycles. The molecule has 0 saturated carbocycles. The lowest BCUT2D eigenvalue weighted by Gasteiger charge is -2.25. The van der Waals surface area contributed by atoms with Crippen LogP contribution in [0, 0.1) is 11.8 Å². The Hall–Kier alpha value is -3.18. The summed E-state index contributed by atoms with van der Waals surface area (Å²) in [6.45, 7) is 8.30. The fourth-order valence-electron chi connectivity index (χ4n) is 3.59. The van der Waals surface area contributed by atoms with Gasteiger partial charge in [0.15, 0.2) is 0 Å². The van der Waals surface area contributed by atoms with Crippen LogP contribution in [-0.2, 0) is 30.4 Å². The van der Waals surface area contributed by atoms with Gasteiger partial charge in [0.25, 0.3) is 0 Å². The summed E-state index contributed by atoms with van der Waals surface area (Å²) in [4.78, 5) is 50.8. The van der Waals surface area contributed by atoms with Gasteiger partial charge < -0.3 is 24.8 Å². The topological polar surface area (TPSA) is 135 Å². The molecule has 1 aliphatic heterocycles. The summed E-state index contributed by atoms with van der Waals surface area (Å²) < 4.78 is 15.5. The van der Waals surface area contributed by atoms with Crippen LogP contribution in [0.25, 0.3) is 0 Å². The zero-order valence-electron chi connectivity index (χ0n) is 21.6. The van der Waals surface area contributed by atoms with Crippen molar-refractivity contribution in [3.8, 4) is 0 Å². The molecule has 0 spiro atoms. The first-order chi connectivity index (χ1) is 17.1. The monoisotopic (exact) mass is 506 g/mol. The van der Waals surface area contributed by atoms with Crippen molar-refractivity contribution in [2.45, 2.75) is 65.5 Å². The van der Waals surface area contributed by atoms with E-state index in [4.69, 9.17) is 14.2 Å². The van der Waals surface area contributed by atoms with Gasteiger partial charge in [0.05, 0.1) is 6.04 Å². The van der Waals surface area contributed by atoms with E-state index in [9.17, 15) is 19.2 Å². The Morgan fingerprint density at radius 2 is 1.75 bits per heavy atom. The highest BCUT2D eigenvalue weighted by Crippen LogP contribution is 2.13. The van der Waals surface area contributed by atoms with E-state index >= 15 is 0 Å². The number of carbonyl (C=O) groups is 4. The van der Waals surface area contributed by atoms with Crippen LogP contribution in [0.3, 0.4) is 0 Å². The van der Waals surface area contributed by atoms with Gasteiger partial charge in [-0.3, -0.25) is 9.59 Å². The number of ketones is 1. The Labute approximate surface area is 212 Å². The molecule has 3 atom stereocenters. The molecule has 2 rings (SSSR count). The highest BCUT2D eigenvalue weighted by molar-refractivity contribution is 5.95. The largest absolute Gasteiger partial charge is 0.445 e. The molecule has 0 radical (unpaired) electrons. The summed E-state index contributed by atoms with van der Waals surface area (Å²) in [5.74, 6) is -0.828. The van der Waals surface area contributed by atoms with Crippen molar-refractivity contribution in [3.05, 3.63) is 35.9 Å². The molecule has 0 aromatic heterocycles. The van der Waals surface area contributed by atoms with Crippen molar-refractivity contribution in [1.82, 2.24) is 21.1 Å². The number of cyclic esters (lactones) is 1. The van der Waals surface area contributed by atoms with Crippen LogP contribution in [0.4, 0.5) is 9.59 Å². The van der Waals surface area contributed by atoms with Crippen LogP contribution < -0.4 is 16.1 Å². The predicted molar refractivity (Wildman–Crippen MR) is 131 cm³/mol. The molecule has 1 aromatic carbocycles. The van der Waals surface area contributed by atoms with E-state index in [0.717, 1.165) is 5.56 Å². The molecule has 3 amide bonds. The van der Waals surface area contributed by atoms with Crippen LogP contribution in [0.2, 0.25) is 0 Å². The second-order valence-electron chi connectivity index (χ2n) is 9.53. The van der Waals surface area contributed by atoms with Gasteiger partial charge in [-0.1, -0.05) is 58.0 Å². The van der Waals surface area contributed by atoms with Crippen LogP contribution in [0.1, 0.15) is 46.1 Å². The number of hydrogen-bond donors (Lipinski definition) is 3. The summed E-state index contributed by atoms with van der Waals surface area (Å²) in [5.41, 5.74) is 3.57. The second-order valence-corrected chi connectivity index (χ2v) is 9.53. The number of alkyl carbamates (subject to hydrolysis) is 1. The van der Waals surface area contributed by atoms with E-state index < -0.39 is 42.2 Å². The lowest BCUT2D eigenvalue weighted by atomic mass is 10.0. The average Bonchev–Trinajstić information content (AvgIpc) is 3.19. The van der Waals surface area contributed by atoms with Crippen LogP contribution in [-0.4, -0.2) is 67.5 Å². The first-order valence-corrected chi connectivity index (χ1v) is 12.1. The highest BCUT2D eigenvalue weighted by Gasteiger charge is 2.40. The maximum atomic E-state index is 13.1. The third-order valence-electron chi connectivity index (χ3n) is 5.32. The van der Waals surface area contributed by atoms with Gasteiger partial charge in [-0.15, -0.1) is 0 Å². The molecule has 0 aliphatic carbocycles. The molecular weight excluding hydrogens is 468 g/mol. The van der Waals surface area contributed by atoms with Crippen molar-refractivity contribution in [1.29, 1.82) is 0 Å². The molecule has 1 fully saturated rings. The molecule has 3 N–H and O–H groups in total. The molecule has 1 unspecified atom stereocenters. The van der Waals surface area contributed by atoms with Crippen molar-refractivity contribution in [3.63, 3.8) is 0 Å². The first kappa shape index (κ1) is 29.1. The number of methoxy groups -OCH3 is 1. The number of ether oxygens (including phenoxy) is 3. The number of rotatable bonds is 14. The smallest absolute Gasteiger partial charge is 0.426 e. The highest BCUT2D eigenvalue weighted by atomic mass is 16.6. The van der Waals surface area contributed by atoms with Gasteiger partial charge in [0.1, 0.15) is 12.6 Å². The summed E-state index contributed by atoms with van der Waals surface area (Å²) in [6, 6.07) is 7.25. The summed E-state index contributed by atoms with van der Waals surface area (Å²) in [6.07, 6.45) is -2.13. The Bertz CT molecular complexity index is 878. The molecular formula is C25H38N4O7. The van der Waals surface area contributed by atoms with E-state index in [1.807, 2.05) is 58.0 Å². The van der Waals surface area contributed by atoms with Gasteiger partial charge >= 0.3 is 12.2 Å². The number of amides is 3. The van der Waals surface area contributed by atoms with Gasteiger partial charge in [0.2, 0.25) is 17.9 Å². The molecule has 0 bridgehead atoms. The Morgan fingerprint density at radius 1 is 1.06 bits per heavy atom. The number of nitrogens with zero attached hydrogens (tertiary/aromatic N) is 1. The zero-order valence-corrected chi connectivity index (χ0v) is 21.6. The van der Waals surface area contributed by atoms with Crippen LogP contribution in [0.5, 0.6) is 0 Å². The molecule has 36 heavy (non-hydrogen) atoms. The zero-order chi connectivity index (χ0) is 26.7. The predicted octanol–water partition coefficient (Wildman–Crippen LogP) is 2.36. The summed E-state index contributed by atoms with van der Waals surface area (Å²) in [7, 11) is 1.48. The standard InChI is InChI=1S/C25H38N4O7/c1-16(2)13-20(27-24(32)35-15-18-9-7-6-8-10-18)22(31)26-19(11-12-34-5)21(30)23-28-29(14-17(3)4)25(33)36-23/h6-10,16-17,19-20,23,28H,11-15H2,1-5H3,(H,26,31)(H,27,32)/t19-,20-,23?/m0/s1. The van der Waals surface area contributed by atoms with E-state index in [2.05, 4.69) is 16.1 Å². The van der Waals surface area contributed by atoms with Crippen molar-refractivity contribution < 1.29 is 33.4 Å². The SMILES string of the molecule is COCC[C@H](NC(=O)[C@H](CC(C)C)NC(=O)OCc1ccccc1)C(=O)C1NN(CC(C)C)C(=O)O1. The Morgan fingerprint density at radius 3 is 2.36 bits per heavy atom. The van der Waals surface area contributed by atoms with E-state index in [-0.39, 0.29) is 31.5 Å². The lowest BCUT2D eigenvalue weighted by Crippen LogP contribution is -2.55. The quantitative estimate of drug-likeness (QED) is 0.350. The maximum Gasteiger partial charge on any atom is 0.426 e. The minimum absolute atomic E-state index is 0.0588. The first-order valence-electron chi connectivity index (χ1n) is 12.1. The molecule has 1 aliphatic rings. The number of Topliss-reactive ketones (excluding diaryl/α,β-unsaturated/α-hetero) is 1. The van der Waals surface area contributed by atoms with E-state index in [1.54, 1.807) is 0 Å². The van der Waals surface area contributed by atoms with Crippen molar-refractivity contribution in [2.75, 3.05) is 20.3 Å². The minimum Gasteiger partial charge on any atom is -0.445 e. The fraction of sp³-hybridized carbons (Fsp3) is 0.600. The Balaban J connectivity index is 2.04. The van der Waals surface area contributed by atoms with Crippen LogP contribution in [0.15, 0.2) is 30.3 Å². The van der Waals surface area contributed by atoms with Crippen molar-refractivity contribution in [2.24, 2.45) is 11.8 Å². The van der Waals surface area contributed by atoms with Gasteiger partial charge in [-0.05, 0) is 30.2 Å². The third kappa shape index (κ3) is 9.46. The molecule has 200 valence electrons. The van der Waals surface area contributed by atoms with Gasteiger partial charge in [-0.25, -0.2) is 14.6 Å². The van der Waals surface area contributed by atoms with Gasteiger partial charge in [-0.2, -0.15) is 5.43 Å². The Kier molecular flexibility index (Phi) is 11.6. The normalized spacial score (nSPS) is 17.0. The third-order valence-corrected chi connectivity index (χ3v) is 5.32.